The number of amides is 3. The molecule has 0 aliphatic carbocycles. The Morgan fingerprint density at radius 2 is 2.06 bits per heavy atom. The van der Waals surface area contributed by atoms with E-state index in [2.05, 4.69) is 20.8 Å². The van der Waals surface area contributed by atoms with Crippen LogP contribution in [-0.4, -0.2) is 40.5 Å². The molecule has 10 heteroatoms. The van der Waals surface area contributed by atoms with E-state index in [0.29, 0.717) is 17.9 Å². The van der Waals surface area contributed by atoms with Crippen LogP contribution in [0.3, 0.4) is 0 Å². The average molecular weight is 427 g/mol. The SMILES string of the molecule is NC(=O)C(NC(=O)Nc1ccc(-c2cn[nH]c2)cc1OCCCO)c1cccc(F)c1. The van der Waals surface area contributed by atoms with Crippen LogP contribution in [0.2, 0.25) is 0 Å². The van der Waals surface area contributed by atoms with Gasteiger partial charge in [0.2, 0.25) is 5.91 Å². The molecule has 31 heavy (non-hydrogen) atoms. The van der Waals surface area contributed by atoms with E-state index in [1.807, 2.05) is 0 Å². The summed E-state index contributed by atoms with van der Waals surface area (Å²) < 4.78 is 19.2. The molecular weight excluding hydrogens is 405 g/mol. The number of benzene rings is 2. The van der Waals surface area contributed by atoms with Crippen molar-refractivity contribution in [3.8, 4) is 16.9 Å². The van der Waals surface area contributed by atoms with E-state index in [1.54, 1.807) is 30.6 Å². The summed E-state index contributed by atoms with van der Waals surface area (Å²) in [7, 11) is 0. The molecule has 1 aromatic heterocycles. The van der Waals surface area contributed by atoms with E-state index >= 15 is 0 Å². The maximum Gasteiger partial charge on any atom is 0.320 e. The maximum atomic E-state index is 13.5. The Balaban J connectivity index is 1.79. The number of nitrogens with one attached hydrogen (secondary N) is 3. The molecule has 3 rings (SSSR count). The van der Waals surface area contributed by atoms with Crippen molar-refractivity contribution < 1.29 is 23.8 Å². The van der Waals surface area contributed by atoms with Crippen LogP contribution < -0.4 is 21.1 Å². The molecule has 0 saturated carbocycles. The Hall–Kier alpha value is -3.92. The molecule has 0 saturated heterocycles. The third-order valence-corrected chi connectivity index (χ3v) is 4.36. The van der Waals surface area contributed by atoms with Crippen LogP contribution in [0.4, 0.5) is 14.9 Å². The Bertz CT molecular complexity index is 1040. The summed E-state index contributed by atoms with van der Waals surface area (Å²) in [4.78, 5) is 24.4. The predicted molar refractivity (Wildman–Crippen MR) is 112 cm³/mol. The van der Waals surface area contributed by atoms with Crippen molar-refractivity contribution >= 4 is 17.6 Å². The van der Waals surface area contributed by atoms with Gasteiger partial charge in [0.15, 0.2) is 0 Å². The molecule has 0 radical (unpaired) electrons. The molecule has 2 aromatic carbocycles. The van der Waals surface area contributed by atoms with Gasteiger partial charge in [-0.15, -0.1) is 0 Å². The number of hydrogen-bond donors (Lipinski definition) is 5. The molecule has 9 nitrogen and oxygen atoms in total. The third-order valence-electron chi connectivity index (χ3n) is 4.36. The van der Waals surface area contributed by atoms with Crippen LogP contribution in [0.15, 0.2) is 54.9 Å². The van der Waals surface area contributed by atoms with E-state index in [0.717, 1.165) is 17.2 Å². The zero-order valence-electron chi connectivity index (χ0n) is 16.5. The number of aromatic amines is 1. The predicted octanol–water partition coefficient (Wildman–Crippen LogP) is 2.33. The standard InChI is InChI=1S/C21H22FN5O4/c22-16-4-1-3-14(9-16)19(20(23)29)27-21(30)26-17-6-5-13(15-11-24-25-12-15)10-18(17)31-8-2-7-28/h1,3-6,9-12,19,28H,2,7-8H2,(H2,23,29)(H,24,25)(H2,26,27,30). The number of aliphatic hydroxyl groups excluding tert-OH is 1. The molecule has 3 amide bonds. The second kappa shape index (κ2) is 10.2. The first-order valence-electron chi connectivity index (χ1n) is 9.47. The van der Waals surface area contributed by atoms with Crippen molar-refractivity contribution in [3.63, 3.8) is 0 Å². The second-order valence-electron chi connectivity index (χ2n) is 6.61. The molecule has 0 aliphatic rings. The minimum atomic E-state index is -1.22. The molecule has 0 spiro atoms. The number of anilines is 1. The quantitative estimate of drug-likeness (QED) is 0.333. The lowest BCUT2D eigenvalue weighted by Crippen LogP contribution is -2.39. The number of nitrogens with zero attached hydrogens (tertiary/aromatic N) is 1. The van der Waals surface area contributed by atoms with Gasteiger partial charge in [-0.1, -0.05) is 18.2 Å². The number of rotatable bonds is 9. The van der Waals surface area contributed by atoms with E-state index in [9.17, 15) is 14.0 Å². The van der Waals surface area contributed by atoms with Crippen LogP contribution in [-0.2, 0) is 4.79 Å². The summed E-state index contributed by atoms with van der Waals surface area (Å²) in [5.74, 6) is -1.03. The molecule has 162 valence electrons. The molecule has 0 bridgehead atoms. The highest BCUT2D eigenvalue weighted by Gasteiger charge is 2.21. The zero-order chi connectivity index (χ0) is 22.2. The number of ether oxygens (including phenoxy) is 1. The highest BCUT2D eigenvalue weighted by atomic mass is 19.1. The number of halogens is 1. The van der Waals surface area contributed by atoms with E-state index in [4.69, 9.17) is 15.6 Å². The minimum Gasteiger partial charge on any atom is -0.491 e. The smallest absolute Gasteiger partial charge is 0.320 e. The first-order valence-corrected chi connectivity index (χ1v) is 9.47. The van der Waals surface area contributed by atoms with Gasteiger partial charge in [-0.2, -0.15) is 5.10 Å². The average Bonchev–Trinajstić information content (AvgIpc) is 3.28. The van der Waals surface area contributed by atoms with E-state index in [1.165, 1.54) is 18.2 Å². The van der Waals surface area contributed by atoms with E-state index in [-0.39, 0.29) is 18.8 Å². The van der Waals surface area contributed by atoms with Gasteiger partial charge in [-0.3, -0.25) is 9.89 Å². The van der Waals surface area contributed by atoms with Gasteiger partial charge in [0.25, 0.3) is 0 Å². The van der Waals surface area contributed by atoms with Crippen LogP contribution in [0, 0.1) is 5.82 Å². The van der Waals surface area contributed by atoms with Crippen LogP contribution in [0.5, 0.6) is 5.75 Å². The van der Waals surface area contributed by atoms with Gasteiger partial charge >= 0.3 is 6.03 Å². The second-order valence-corrected chi connectivity index (χ2v) is 6.61. The van der Waals surface area contributed by atoms with Crippen molar-refractivity contribution in [3.05, 3.63) is 66.2 Å². The van der Waals surface area contributed by atoms with Crippen molar-refractivity contribution in [1.82, 2.24) is 15.5 Å². The van der Waals surface area contributed by atoms with Crippen LogP contribution >= 0.6 is 0 Å². The highest BCUT2D eigenvalue weighted by Crippen LogP contribution is 2.31. The topological polar surface area (TPSA) is 142 Å². The summed E-state index contributed by atoms with van der Waals surface area (Å²) in [6.07, 6.45) is 3.76. The monoisotopic (exact) mass is 427 g/mol. The highest BCUT2D eigenvalue weighted by molar-refractivity contribution is 5.95. The number of aromatic nitrogens is 2. The molecule has 1 unspecified atom stereocenters. The molecule has 6 N–H and O–H groups in total. The largest absolute Gasteiger partial charge is 0.491 e. The normalized spacial score (nSPS) is 11.5. The fraction of sp³-hybridized carbons (Fsp3) is 0.190. The number of nitrogens with two attached hydrogens (primary N) is 1. The fourth-order valence-electron chi connectivity index (χ4n) is 2.87. The third kappa shape index (κ3) is 5.80. The Kier molecular flexibility index (Phi) is 7.17. The zero-order valence-corrected chi connectivity index (χ0v) is 16.5. The number of H-pyrrole nitrogens is 1. The maximum absolute atomic E-state index is 13.5. The van der Waals surface area contributed by atoms with Gasteiger partial charge in [-0.05, 0) is 35.4 Å². The lowest BCUT2D eigenvalue weighted by atomic mass is 10.1. The molecule has 3 aromatic rings. The molecule has 1 heterocycles. The molecule has 0 aliphatic heterocycles. The van der Waals surface area contributed by atoms with Crippen LogP contribution in [0.1, 0.15) is 18.0 Å². The van der Waals surface area contributed by atoms with Crippen molar-refractivity contribution in [2.45, 2.75) is 12.5 Å². The van der Waals surface area contributed by atoms with Crippen molar-refractivity contribution in [2.24, 2.45) is 5.73 Å². The lowest BCUT2D eigenvalue weighted by molar-refractivity contribution is -0.119. The summed E-state index contributed by atoms with van der Waals surface area (Å²) >= 11 is 0. The first kappa shape index (κ1) is 21.8. The summed E-state index contributed by atoms with van der Waals surface area (Å²) in [6.45, 7) is 0.188. The van der Waals surface area contributed by atoms with Crippen LogP contribution in [0.25, 0.3) is 11.1 Å². The van der Waals surface area contributed by atoms with Gasteiger partial charge in [0, 0.05) is 24.8 Å². The van der Waals surface area contributed by atoms with E-state index < -0.39 is 23.8 Å². The van der Waals surface area contributed by atoms with Gasteiger partial charge in [-0.25, -0.2) is 9.18 Å². The number of carbonyl (C=O) groups is 2. The number of hydrogen-bond acceptors (Lipinski definition) is 5. The Morgan fingerprint density at radius 1 is 1.23 bits per heavy atom. The summed E-state index contributed by atoms with van der Waals surface area (Å²) in [5.41, 5.74) is 7.56. The molecular formula is C21H22FN5O4. The minimum absolute atomic E-state index is 0.0431. The van der Waals surface area contributed by atoms with Crippen molar-refractivity contribution in [2.75, 3.05) is 18.5 Å². The number of primary amides is 1. The van der Waals surface area contributed by atoms with Crippen molar-refractivity contribution in [1.29, 1.82) is 0 Å². The van der Waals surface area contributed by atoms with Gasteiger partial charge in [0.05, 0.1) is 18.5 Å². The first-order chi connectivity index (χ1) is 15.0. The van der Waals surface area contributed by atoms with Gasteiger partial charge in [0.1, 0.15) is 17.6 Å². The molecule has 1 atom stereocenters. The number of aliphatic hydroxyl groups is 1. The van der Waals surface area contributed by atoms with Gasteiger partial charge < -0.3 is 26.2 Å². The number of urea groups is 1. The number of carbonyl (C=O) groups excluding carboxylic acids is 2. The molecule has 0 fully saturated rings. The summed E-state index contributed by atoms with van der Waals surface area (Å²) in [6, 6.07) is 8.42. The summed E-state index contributed by atoms with van der Waals surface area (Å²) in [5, 5.41) is 20.7. The fourth-order valence-corrected chi connectivity index (χ4v) is 2.87. The Morgan fingerprint density at radius 3 is 2.74 bits per heavy atom. The Labute approximate surface area is 177 Å². The lowest BCUT2D eigenvalue weighted by Gasteiger charge is -2.18.